The predicted octanol–water partition coefficient (Wildman–Crippen LogP) is -0.0965. The minimum absolute atomic E-state index is 0.256. The molecule has 67 valence electrons. The summed E-state index contributed by atoms with van der Waals surface area (Å²) in [6.45, 7) is 1.76. The molecule has 1 rings (SSSR count). The fourth-order valence-electron chi connectivity index (χ4n) is 0.588. The van der Waals surface area contributed by atoms with Crippen molar-refractivity contribution in [2.75, 3.05) is 7.11 Å². The molecule has 0 bridgehead atoms. The Labute approximate surface area is 69.8 Å². The lowest BCUT2D eigenvalue weighted by molar-refractivity contribution is -0.00650. The average molecular weight is 173 g/mol. The Hall–Kier alpha value is -1.14. The normalized spacial score (nSPS) is 18.6. The zero-order valence-corrected chi connectivity index (χ0v) is 6.84. The van der Waals surface area contributed by atoms with Crippen LogP contribution in [0.3, 0.4) is 0 Å². The number of rotatable bonds is 3. The van der Waals surface area contributed by atoms with Crippen molar-refractivity contribution < 1.29 is 9.13 Å². The monoisotopic (exact) mass is 173 g/mol. The van der Waals surface area contributed by atoms with Crippen LogP contribution < -0.4 is 10.9 Å². The van der Waals surface area contributed by atoms with E-state index in [9.17, 15) is 4.39 Å². The molecule has 0 aromatic heterocycles. The fraction of sp³-hybridized carbons (Fsp3) is 0.500. The predicted molar refractivity (Wildman–Crippen MR) is 40.9 cm³/mol. The SMILES string of the molecule is COC(C)NN1N=C(F)C=[C]N1. The molecule has 1 aliphatic rings. The van der Waals surface area contributed by atoms with E-state index in [1.165, 1.54) is 7.11 Å². The first-order valence-electron chi connectivity index (χ1n) is 3.40. The van der Waals surface area contributed by atoms with Crippen molar-refractivity contribution in [3.05, 3.63) is 12.3 Å². The molecular formula is C6H10FN4O. The number of hydrazone groups is 1. The molecule has 6 heteroatoms. The second kappa shape index (κ2) is 4.03. The Bertz CT molecular complexity index is 206. The van der Waals surface area contributed by atoms with Crippen LogP contribution in [0.4, 0.5) is 4.39 Å². The van der Waals surface area contributed by atoms with Crippen LogP contribution in [-0.2, 0) is 4.74 Å². The van der Waals surface area contributed by atoms with Crippen LogP contribution >= 0.6 is 0 Å². The van der Waals surface area contributed by atoms with Gasteiger partial charge in [0, 0.05) is 13.2 Å². The van der Waals surface area contributed by atoms with Crippen molar-refractivity contribution >= 4 is 5.97 Å². The molecule has 0 aliphatic carbocycles. The van der Waals surface area contributed by atoms with Crippen molar-refractivity contribution in [3.8, 4) is 0 Å². The van der Waals surface area contributed by atoms with E-state index in [2.05, 4.69) is 22.2 Å². The molecule has 0 saturated heterocycles. The Morgan fingerprint density at radius 3 is 3.25 bits per heavy atom. The Kier molecular flexibility index (Phi) is 3.01. The quantitative estimate of drug-likeness (QED) is 0.585. The summed E-state index contributed by atoms with van der Waals surface area (Å²) in [6, 6.07) is 0. The number of hydrazine groups is 2. The molecule has 1 atom stereocenters. The van der Waals surface area contributed by atoms with Gasteiger partial charge in [0.15, 0.2) is 0 Å². The van der Waals surface area contributed by atoms with Crippen LogP contribution in [0.15, 0.2) is 11.2 Å². The van der Waals surface area contributed by atoms with Crippen LogP contribution in [0.2, 0.25) is 0 Å². The van der Waals surface area contributed by atoms with E-state index in [0.29, 0.717) is 0 Å². The van der Waals surface area contributed by atoms with E-state index in [0.717, 1.165) is 11.3 Å². The van der Waals surface area contributed by atoms with Crippen molar-refractivity contribution in [2.24, 2.45) is 5.10 Å². The van der Waals surface area contributed by atoms with Crippen LogP contribution in [0, 0.1) is 6.20 Å². The van der Waals surface area contributed by atoms with Crippen molar-refractivity contribution in [1.29, 1.82) is 0 Å². The Morgan fingerprint density at radius 1 is 1.92 bits per heavy atom. The molecule has 1 radical (unpaired) electrons. The van der Waals surface area contributed by atoms with Gasteiger partial charge in [-0.1, -0.05) is 0 Å². The summed E-state index contributed by atoms with van der Waals surface area (Å²) in [4.78, 5) is 0. The van der Waals surface area contributed by atoms with E-state index < -0.39 is 5.97 Å². The third-order valence-corrected chi connectivity index (χ3v) is 1.21. The smallest absolute Gasteiger partial charge is 0.236 e. The number of allylic oxidation sites excluding steroid dienone is 1. The molecule has 12 heavy (non-hydrogen) atoms. The number of methoxy groups -OCH3 is 1. The highest BCUT2D eigenvalue weighted by molar-refractivity contribution is 5.85. The van der Waals surface area contributed by atoms with Crippen LogP contribution in [0.5, 0.6) is 0 Å². The van der Waals surface area contributed by atoms with E-state index in [-0.39, 0.29) is 6.23 Å². The molecular weight excluding hydrogens is 163 g/mol. The summed E-state index contributed by atoms with van der Waals surface area (Å²) in [5.74, 6) is -0.621. The van der Waals surface area contributed by atoms with E-state index in [4.69, 9.17) is 4.74 Å². The Morgan fingerprint density at radius 2 is 2.67 bits per heavy atom. The fourth-order valence-corrected chi connectivity index (χ4v) is 0.588. The lowest BCUT2D eigenvalue weighted by Gasteiger charge is -2.23. The summed E-state index contributed by atoms with van der Waals surface area (Å²) in [5, 5.41) is 4.52. The Balaban J connectivity index is 2.39. The van der Waals surface area contributed by atoms with Gasteiger partial charge < -0.3 is 4.74 Å². The largest absolute Gasteiger partial charge is 0.365 e. The molecule has 2 N–H and O–H groups in total. The minimum atomic E-state index is -0.621. The van der Waals surface area contributed by atoms with Crippen molar-refractivity contribution in [1.82, 2.24) is 16.1 Å². The highest BCUT2D eigenvalue weighted by atomic mass is 19.1. The second-order valence-electron chi connectivity index (χ2n) is 2.14. The highest BCUT2D eigenvalue weighted by Gasteiger charge is 2.08. The maximum atomic E-state index is 12.5. The number of halogens is 1. The second-order valence-corrected chi connectivity index (χ2v) is 2.14. The first-order chi connectivity index (χ1) is 5.72. The van der Waals surface area contributed by atoms with Gasteiger partial charge in [0.2, 0.25) is 5.97 Å². The first kappa shape index (κ1) is 8.95. The van der Waals surface area contributed by atoms with E-state index in [1.54, 1.807) is 6.92 Å². The first-order valence-corrected chi connectivity index (χ1v) is 3.40. The third-order valence-electron chi connectivity index (χ3n) is 1.21. The number of ether oxygens (including phenoxy) is 1. The molecule has 1 unspecified atom stereocenters. The van der Waals surface area contributed by atoms with Gasteiger partial charge in [-0.15, -0.1) is 10.3 Å². The van der Waals surface area contributed by atoms with Gasteiger partial charge in [0.1, 0.15) is 6.23 Å². The average Bonchev–Trinajstić information content (AvgIpc) is 2.04. The van der Waals surface area contributed by atoms with Gasteiger partial charge in [0.25, 0.3) is 0 Å². The zero-order valence-electron chi connectivity index (χ0n) is 6.84. The van der Waals surface area contributed by atoms with Gasteiger partial charge in [-0.05, 0) is 6.92 Å². The molecule has 1 heterocycles. The molecule has 0 amide bonds. The van der Waals surface area contributed by atoms with Gasteiger partial charge in [-0.2, -0.15) is 9.82 Å². The zero-order chi connectivity index (χ0) is 8.97. The summed E-state index contributed by atoms with van der Waals surface area (Å²) in [5.41, 5.74) is 5.21. The van der Waals surface area contributed by atoms with Crippen LogP contribution in [0.25, 0.3) is 0 Å². The minimum Gasteiger partial charge on any atom is -0.365 e. The van der Waals surface area contributed by atoms with E-state index >= 15 is 0 Å². The van der Waals surface area contributed by atoms with E-state index in [1.807, 2.05) is 0 Å². The van der Waals surface area contributed by atoms with Crippen molar-refractivity contribution in [3.63, 3.8) is 0 Å². The lowest BCUT2D eigenvalue weighted by Crippen LogP contribution is -2.48. The summed E-state index contributed by atoms with van der Waals surface area (Å²) in [7, 11) is 1.53. The highest BCUT2D eigenvalue weighted by Crippen LogP contribution is 1.93. The standard InChI is InChI=1S/C6H10FN4O/c1-5(12-2)9-11-8-4-3-6(7)10-11/h3,5,8-9H,1-2H3. The van der Waals surface area contributed by atoms with Gasteiger partial charge in [-0.25, -0.2) is 0 Å². The molecule has 0 saturated carbocycles. The summed E-state index contributed by atoms with van der Waals surface area (Å²) >= 11 is 0. The summed E-state index contributed by atoms with van der Waals surface area (Å²) < 4.78 is 17.3. The number of hydrogen-bond acceptors (Lipinski definition) is 5. The topological polar surface area (TPSA) is 48.9 Å². The molecule has 0 spiro atoms. The summed E-state index contributed by atoms with van der Waals surface area (Å²) in [6.07, 6.45) is 3.28. The lowest BCUT2D eigenvalue weighted by atomic mass is 10.6. The number of nitrogens with zero attached hydrogens (tertiary/aromatic N) is 2. The maximum absolute atomic E-state index is 12.5. The molecule has 1 aliphatic heterocycles. The number of hydrogen-bond donors (Lipinski definition) is 2. The van der Waals surface area contributed by atoms with Crippen LogP contribution in [-0.4, -0.2) is 24.5 Å². The maximum Gasteiger partial charge on any atom is 0.236 e. The number of nitrogens with one attached hydrogen (secondary N) is 2. The molecule has 0 aromatic rings. The van der Waals surface area contributed by atoms with Crippen LogP contribution in [0.1, 0.15) is 6.92 Å². The molecule has 0 aromatic carbocycles. The van der Waals surface area contributed by atoms with Gasteiger partial charge >= 0.3 is 0 Å². The molecule has 0 fully saturated rings. The van der Waals surface area contributed by atoms with Crippen molar-refractivity contribution in [2.45, 2.75) is 13.2 Å². The molecule has 5 nitrogen and oxygen atoms in total. The van der Waals surface area contributed by atoms with Gasteiger partial charge in [-0.3, -0.25) is 5.43 Å². The van der Waals surface area contributed by atoms with Gasteiger partial charge in [0.05, 0.1) is 6.20 Å². The third kappa shape index (κ3) is 2.48.